The lowest BCUT2D eigenvalue weighted by Gasteiger charge is -2.10. The van der Waals surface area contributed by atoms with Gasteiger partial charge in [0.05, 0.1) is 27.3 Å². The van der Waals surface area contributed by atoms with E-state index in [0.29, 0.717) is 11.5 Å². The molecule has 0 saturated carbocycles. The predicted molar refractivity (Wildman–Crippen MR) is 136 cm³/mol. The number of aromatic amines is 2. The van der Waals surface area contributed by atoms with E-state index in [1.54, 1.807) is 6.20 Å². The number of thiophene rings is 1. The highest BCUT2D eigenvalue weighted by molar-refractivity contribution is 7.19. The summed E-state index contributed by atoms with van der Waals surface area (Å²) in [6.07, 6.45) is 7.28. The summed E-state index contributed by atoms with van der Waals surface area (Å²) in [6, 6.07) is 9.93. The van der Waals surface area contributed by atoms with E-state index in [9.17, 15) is 0 Å². The zero-order chi connectivity index (χ0) is 23.2. The SMILES string of the molecule is CN(C)Cc1cncc(-c2ccc3[nH]nc(-c4nc5c(-c6ccc(Cl)s6)cncc5[nH]4)c3n2)c1. The van der Waals surface area contributed by atoms with Crippen molar-refractivity contribution in [3.05, 3.63) is 65.0 Å². The number of fused-ring (bicyclic) bond motifs is 2. The molecule has 0 atom stereocenters. The summed E-state index contributed by atoms with van der Waals surface area (Å²) in [7, 11) is 4.08. The number of hydrogen-bond acceptors (Lipinski definition) is 7. The van der Waals surface area contributed by atoms with Gasteiger partial charge in [0.15, 0.2) is 11.5 Å². The first-order valence-corrected chi connectivity index (χ1v) is 11.8. The maximum atomic E-state index is 6.15. The van der Waals surface area contributed by atoms with Gasteiger partial charge in [0.1, 0.15) is 11.0 Å². The van der Waals surface area contributed by atoms with Crippen LogP contribution in [-0.4, -0.2) is 54.1 Å². The molecule has 0 aliphatic rings. The molecule has 8 nitrogen and oxygen atoms in total. The molecule has 0 aliphatic heterocycles. The van der Waals surface area contributed by atoms with E-state index in [4.69, 9.17) is 21.6 Å². The first-order valence-electron chi connectivity index (χ1n) is 10.6. The van der Waals surface area contributed by atoms with E-state index in [0.717, 1.165) is 60.2 Å². The summed E-state index contributed by atoms with van der Waals surface area (Å²) >= 11 is 7.65. The van der Waals surface area contributed by atoms with Gasteiger partial charge in [-0.25, -0.2) is 9.97 Å². The van der Waals surface area contributed by atoms with E-state index in [2.05, 4.69) is 36.1 Å². The van der Waals surface area contributed by atoms with Crippen LogP contribution < -0.4 is 0 Å². The molecule has 168 valence electrons. The van der Waals surface area contributed by atoms with Gasteiger partial charge in [-0.2, -0.15) is 5.10 Å². The Hall–Kier alpha value is -3.66. The molecule has 0 unspecified atom stereocenters. The standard InChI is InChI=1S/C24H19ClN8S/c1-33(2)12-13-7-14(9-26-8-13)16-3-4-17-22(28-16)23(32-31-17)24-29-18-11-27-10-15(21(18)30-24)19-5-6-20(25)34-19/h3-11H,12H2,1-2H3,(H,29,30)(H,31,32). The first-order chi connectivity index (χ1) is 16.5. The summed E-state index contributed by atoms with van der Waals surface area (Å²) in [5.41, 5.74) is 7.70. The predicted octanol–water partition coefficient (Wildman–Crippen LogP) is 5.40. The molecule has 6 heterocycles. The Kier molecular flexibility index (Phi) is 5.09. The minimum Gasteiger partial charge on any atom is -0.335 e. The minimum absolute atomic E-state index is 0.627. The van der Waals surface area contributed by atoms with Crippen LogP contribution in [0.2, 0.25) is 4.34 Å². The number of nitrogens with one attached hydrogen (secondary N) is 2. The van der Waals surface area contributed by atoms with Crippen molar-refractivity contribution in [3.63, 3.8) is 0 Å². The number of hydrogen-bond donors (Lipinski definition) is 2. The van der Waals surface area contributed by atoms with Crippen LogP contribution in [0.25, 0.3) is 55.3 Å². The van der Waals surface area contributed by atoms with Crippen molar-refractivity contribution in [1.29, 1.82) is 0 Å². The van der Waals surface area contributed by atoms with Crippen molar-refractivity contribution >= 4 is 45.0 Å². The summed E-state index contributed by atoms with van der Waals surface area (Å²) in [5, 5.41) is 7.59. The average Bonchev–Trinajstić information content (AvgIpc) is 3.55. The molecular weight excluding hydrogens is 468 g/mol. The molecule has 0 aliphatic carbocycles. The van der Waals surface area contributed by atoms with E-state index >= 15 is 0 Å². The molecule has 0 bridgehead atoms. The molecular formula is C24H19ClN8S. The second-order valence-corrected chi connectivity index (χ2v) is 9.97. The molecule has 2 N–H and O–H groups in total. The third kappa shape index (κ3) is 3.73. The Balaban J connectivity index is 1.45. The Bertz CT molecular complexity index is 1650. The largest absolute Gasteiger partial charge is 0.335 e. The van der Waals surface area contributed by atoms with Crippen LogP contribution in [0.3, 0.4) is 0 Å². The number of aromatic nitrogens is 7. The minimum atomic E-state index is 0.627. The summed E-state index contributed by atoms with van der Waals surface area (Å²) < 4.78 is 0.724. The van der Waals surface area contributed by atoms with Gasteiger partial charge in [-0.15, -0.1) is 11.3 Å². The van der Waals surface area contributed by atoms with E-state index in [-0.39, 0.29) is 0 Å². The van der Waals surface area contributed by atoms with Crippen LogP contribution in [0, 0.1) is 0 Å². The maximum absolute atomic E-state index is 6.15. The molecule has 0 fully saturated rings. The second kappa shape index (κ2) is 8.28. The van der Waals surface area contributed by atoms with Crippen molar-refractivity contribution in [2.24, 2.45) is 0 Å². The van der Waals surface area contributed by atoms with Crippen molar-refractivity contribution in [2.75, 3.05) is 14.1 Å². The lowest BCUT2D eigenvalue weighted by molar-refractivity contribution is 0.402. The fourth-order valence-corrected chi connectivity index (χ4v) is 5.04. The van der Waals surface area contributed by atoms with Crippen molar-refractivity contribution in [1.82, 2.24) is 40.0 Å². The van der Waals surface area contributed by atoms with Gasteiger partial charge >= 0.3 is 0 Å². The van der Waals surface area contributed by atoms with Crippen LogP contribution in [0.5, 0.6) is 0 Å². The van der Waals surface area contributed by atoms with Gasteiger partial charge in [-0.1, -0.05) is 11.6 Å². The van der Waals surface area contributed by atoms with Gasteiger partial charge in [0.2, 0.25) is 0 Å². The quantitative estimate of drug-likeness (QED) is 0.338. The highest BCUT2D eigenvalue weighted by Crippen LogP contribution is 2.35. The van der Waals surface area contributed by atoms with Gasteiger partial charge in [0.25, 0.3) is 0 Å². The van der Waals surface area contributed by atoms with Crippen LogP contribution in [0.4, 0.5) is 0 Å². The van der Waals surface area contributed by atoms with Crippen LogP contribution in [-0.2, 0) is 6.54 Å². The van der Waals surface area contributed by atoms with Gasteiger partial charge in [0, 0.05) is 41.1 Å². The number of imidazole rings is 1. The summed E-state index contributed by atoms with van der Waals surface area (Å²) in [5.74, 6) is 0.627. The van der Waals surface area contributed by atoms with E-state index < -0.39 is 0 Å². The molecule has 0 radical (unpaired) electrons. The van der Waals surface area contributed by atoms with E-state index in [1.165, 1.54) is 11.3 Å². The zero-order valence-corrected chi connectivity index (χ0v) is 19.9. The number of halogens is 1. The normalized spacial score (nSPS) is 11.8. The van der Waals surface area contributed by atoms with Gasteiger partial charge < -0.3 is 9.88 Å². The zero-order valence-electron chi connectivity index (χ0n) is 18.4. The van der Waals surface area contributed by atoms with Crippen LogP contribution >= 0.6 is 22.9 Å². The fourth-order valence-electron chi connectivity index (χ4n) is 3.99. The summed E-state index contributed by atoms with van der Waals surface area (Å²) in [4.78, 5) is 25.0. The lowest BCUT2D eigenvalue weighted by Crippen LogP contribution is -2.10. The monoisotopic (exact) mass is 486 g/mol. The fraction of sp³-hybridized carbons (Fsp3) is 0.125. The molecule has 6 aromatic rings. The van der Waals surface area contributed by atoms with E-state index in [1.807, 2.05) is 57.0 Å². The Labute approximate surface area is 203 Å². The third-order valence-electron chi connectivity index (χ3n) is 5.45. The lowest BCUT2D eigenvalue weighted by atomic mass is 10.1. The molecule has 0 aromatic carbocycles. The second-order valence-electron chi connectivity index (χ2n) is 8.26. The van der Waals surface area contributed by atoms with Crippen molar-refractivity contribution < 1.29 is 0 Å². The number of H-pyrrole nitrogens is 2. The van der Waals surface area contributed by atoms with Gasteiger partial charge in [-0.05, 0) is 50.0 Å². The smallest absolute Gasteiger partial charge is 0.161 e. The Morgan fingerprint density at radius 2 is 1.82 bits per heavy atom. The molecule has 0 saturated heterocycles. The molecule has 6 rings (SSSR count). The third-order valence-corrected chi connectivity index (χ3v) is 6.72. The van der Waals surface area contributed by atoms with Crippen molar-refractivity contribution in [2.45, 2.75) is 6.54 Å². The first kappa shape index (κ1) is 20.9. The van der Waals surface area contributed by atoms with Crippen molar-refractivity contribution in [3.8, 4) is 33.2 Å². The molecule has 0 amide bonds. The molecule has 34 heavy (non-hydrogen) atoms. The number of pyridine rings is 3. The Morgan fingerprint density at radius 3 is 2.65 bits per heavy atom. The molecule has 10 heteroatoms. The molecule has 6 aromatic heterocycles. The number of rotatable bonds is 5. The molecule has 0 spiro atoms. The highest BCUT2D eigenvalue weighted by Gasteiger charge is 2.18. The average molecular weight is 487 g/mol. The summed E-state index contributed by atoms with van der Waals surface area (Å²) in [6.45, 7) is 0.810. The Morgan fingerprint density at radius 1 is 0.941 bits per heavy atom. The van der Waals surface area contributed by atoms with Crippen LogP contribution in [0.1, 0.15) is 5.56 Å². The van der Waals surface area contributed by atoms with Crippen LogP contribution in [0.15, 0.2) is 55.1 Å². The van der Waals surface area contributed by atoms with Gasteiger partial charge in [-0.3, -0.25) is 15.1 Å². The maximum Gasteiger partial charge on any atom is 0.161 e. The topological polar surface area (TPSA) is 99.3 Å². The highest BCUT2D eigenvalue weighted by atomic mass is 35.5. The number of nitrogens with zero attached hydrogens (tertiary/aromatic N) is 6.